The van der Waals surface area contributed by atoms with Crippen LogP contribution in [0.2, 0.25) is 5.02 Å². The number of aromatic nitrogens is 2. The van der Waals surface area contributed by atoms with Crippen molar-refractivity contribution in [1.82, 2.24) is 9.97 Å². The summed E-state index contributed by atoms with van der Waals surface area (Å²) in [5, 5.41) is 3.68. The first kappa shape index (κ1) is 10.4. The molecule has 0 spiro atoms. The van der Waals surface area contributed by atoms with E-state index in [1.807, 2.05) is 0 Å². The monoisotopic (exact) mass is 239 g/mol. The lowest BCUT2D eigenvalue weighted by Gasteiger charge is -2.01. The van der Waals surface area contributed by atoms with Crippen LogP contribution in [0.4, 0.5) is 5.95 Å². The van der Waals surface area contributed by atoms with Crippen molar-refractivity contribution in [2.45, 2.75) is 13.5 Å². The Hall–Kier alpha value is -1.13. The van der Waals surface area contributed by atoms with Crippen molar-refractivity contribution in [3.05, 3.63) is 39.3 Å². The van der Waals surface area contributed by atoms with Gasteiger partial charge in [0.2, 0.25) is 5.95 Å². The topological polar surface area (TPSA) is 37.8 Å². The van der Waals surface area contributed by atoms with Crippen LogP contribution >= 0.6 is 22.9 Å². The van der Waals surface area contributed by atoms with Crippen LogP contribution in [-0.4, -0.2) is 9.97 Å². The number of hydrogen-bond donors (Lipinski definition) is 1. The fourth-order valence-electron chi connectivity index (χ4n) is 1.15. The molecule has 2 aromatic heterocycles. The van der Waals surface area contributed by atoms with Crippen molar-refractivity contribution in [3.8, 4) is 0 Å². The zero-order valence-corrected chi connectivity index (χ0v) is 9.77. The van der Waals surface area contributed by atoms with Gasteiger partial charge in [-0.2, -0.15) is 0 Å². The summed E-state index contributed by atoms with van der Waals surface area (Å²) in [4.78, 5) is 10.7. The third-order valence-corrected chi connectivity index (χ3v) is 3.03. The lowest BCUT2D eigenvalue weighted by Crippen LogP contribution is -2.01. The summed E-state index contributed by atoms with van der Waals surface area (Å²) in [5.41, 5.74) is 0. The van der Waals surface area contributed by atoms with Crippen LogP contribution in [0, 0.1) is 6.92 Å². The Kier molecular flexibility index (Phi) is 3.18. The van der Waals surface area contributed by atoms with Crippen molar-refractivity contribution < 1.29 is 0 Å². The number of nitrogens with one attached hydrogen (secondary N) is 1. The molecule has 5 heteroatoms. The predicted octanol–water partition coefficient (Wildman–Crippen LogP) is 3.11. The Bertz CT molecular complexity index is 438. The first-order valence-corrected chi connectivity index (χ1v) is 5.70. The fourth-order valence-corrected chi connectivity index (χ4v) is 2.08. The van der Waals surface area contributed by atoms with Gasteiger partial charge in [0, 0.05) is 9.75 Å². The Balaban J connectivity index is 1.96. The van der Waals surface area contributed by atoms with Crippen LogP contribution < -0.4 is 5.32 Å². The first-order valence-electron chi connectivity index (χ1n) is 4.51. The van der Waals surface area contributed by atoms with Crippen LogP contribution in [0.1, 0.15) is 9.75 Å². The number of thiophene rings is 1. The van der Waals surface area contributed by atoms with Gasteiger partial charge in [0.25, 0.3) is 0 Å². The fraction of sp³-hybridized carbons (Fsp3) is 0.200. The minimum Gasteiger partial charge on any atom is -0.349 e. The summed E-state index contributed by atoms with van der Waals surface area (Å²) >= 11 is 7.45. The average molecular weight is 240 g/mol. The molecule has 0 saturated heterocycles. The summed E-state index contributed by atoms with van der Waals surface area (Å²) in [7, 11) is 0. The molecule has 0 atom stereocenters. The summed E-state index contributed by atoms with van der Waals surface area (Å²) in [6.45, 7) is 2.84. The lowest BCUT2D eigenvalue weighted by molar-refractivity contribution is 1.07. The van der Waals surface area contributed by atoms with E-state index in [2.05, 4.69) is 34.3 Å². The van der Waals surface area contributed by atoms with Gasteiger partial charge in [-0.05, 0) is 19.1 Å². The molecule has 0 saturated carbocycles. The Morgan fingerprint density at radius 3 is 2.67 bits per heavy atom. The number of hydrogen-bond acceptors (Lipinski definition) is 4. The van der Waals surface area contributed by atoms with Crippen molar-refractivity contribution in [1.29, 1.82) is 0 Å². The number of anilines is 1. The van der Waals surface area contributed by atoms with Crippen LogP contribution in [0.3, 0.4) is 0 Å². The molecule has 0 aliphatic carbocycles. The molecule has 0 amide bonds. The zero-order chi connectivity index (χ0) is 10.7. The molecule has 0 aliphatic rings. The maximum absolute atomic E-state index is 5.68. The van der Waals surface area contributed by atoms with Crippen molar-refractivity contribution in [2.24, 2.45) is 0 Å². The van der Waals surface area contributed by atoms with E-state index < -0.39 is 0 Å². The smallest absolute Gasteiger partial charge is 0.222 e. The molecule has 0 bridgehead atoms. The second kappa shape index (κ2) is 4.59. The van der Waals surface area contributed by atoms with E-state index >= 15 is 0 Å². The Morgan fingerprint density at radius 1 is 1.33 bits per heavy atom. The lowest BCUT2D eigenvalue weighted by atomic mass is 10.4. The highest BCUT2D eigenvalue weighted by molar-refractivity contribution is 7.11. The van der Waals surface area contributed by atoms with Crippen molar-refractivity contribution >= 4 is 28.9 Å². The van der Waals surface area contributed by atoms with Crippen LogP contribution in [0.5, 0.6) is 0 Å². The van der Waals surface area contributed by atoms with E-state index in [9.17, 15) is 0 Å². The molecule has 2 rings (SSSR count). The maximum atomic E-state index is 5.68. The molecule has 0 aromatic carbocycles. The van der Waals surface area contributed by atoms with Crippen LogP contribution in [-0.2, 0) is 6.54 Å². The van der Waals surface area contributed by atoms with Crippen LogP contribution in [0.15, 0.2) is 24.5 Å². The average Bonchev–Trinajstić information content (AvgIpc) is 2.64. The van der Waals surface area contributed by atoms with Gasteiger partial charge < -0.3 is 5.32 Å². The molecule has 2 heterocycles. The highest BCUT2D eigenvalue weighted by Gasteiger charge is 1.98. The van der Waals surface area contributed by atoms with E-state index in [-0.39, 0.29) is 0 Å². The highest BCUT2D eigenvalue weighted by atomic mass is 35.5. The second-order valence-corrected chi connectivity index (χ2v) is 4.90. The van der Waals surface area contributed by atoms with E-state index in [4.69, 9.17) is 11.6 Å². The predicted molar refractivity (Wildman–Crippen MR) is 63.4 cm³/mol. The molecule has 0 fully saturated rings. The van der Waals surface area contributed by atoms with E-state index in [1.165, 1.54) is 9.75 Å². The van der Waals surface area contributed by atoms with Gasteiger partial charge in [0.1, 0.15) is 0 Å². The Labute approximate surface area is 97.2 Å². The number of rotatable bonds is 3. The van der Waals surface area contributed by atoms with E-state index in [0.717, 1.165) is 6.54 Å². The number of halogens is 1. The first-order chi connectivity index (χ1) is 7.24. The second-order valence-electron chi connectivity index (χ2n) is 3.09. The van der Waals surface area contributed by atoms with Gasteiger partial charge >= 0.3 is 0 Å². The molecule has 15 heavy (non-hydrogen) atoms. The Morgan fingerprint density at radius 2 is 2.07 bits per heavy atom. The van der Waals surface area contributed by atoms with Crippen molar-refractivity contribution in [2.75, 3.05) is 5.32 Å². The number of nitrogens with zero attached hydrogens (tertiary/aromatic N) is 2. The van der Waals surface area contributed by atoms with Gasteiger partial charge in [-0.3, -0.25) is 0 Å². The zero-order valence-electron chi connectivity index (χ0n) is 8.20. The molecule has 0 unspecified atom stereocenters. The largest absolute Gasteiger partial charge is 0.349 e. The normalized spacial score (nSPS) is 10.3. The quantitative estimate of drug-likeness (QED) is 0.895. The maximum Gasteiger partial charge on any atom is 0.222 e. The molecule has 3 nitrogen and oxygen atoms in total. The molecule has 78 valence electrons. The summed E-state index contributed by atoms with van der Waals surface area (Å²) in [5.74, 6) is 0.602. The SMILES string of the molecule is Cc1ccc(CNc2ncc(Cl)cn2)s1. The van der Waals surface area contributed by atoms with Gasteiger partial charge in [-0.25, -0.2) is 9.97 Å². The minimum atomic E-state index is 0.549. The molecule has 0 aliphatic heterocycles. The molecular weight excluding hydrogens is 230 g/mol. The van der Waals surface area contributed by atoms with Gasteiger partial charge in [0.05, 0.1) is 24.0 Å². The van der Waals surface area contributed by atoms with Crippen molar-refractivity contribution in [3.63, 3.8) is 0 Å². The van der Waals surface area contributed by atoms with Gasteiger partial charge in [0.15, 0.2) is 0 Å². The molecule has 2 aromatic rings. The van der Waals surface area contributed by atoms with Gasteiger partial charge in [-0.1, -0.05) is 11.6 Å². The summed E-state index contributed by atoms with van der Waals surface area (Å²) < 4.78 is 0. The van der Waals surface area contributed by atoms with Gasteiger partial charge in [-0.15, -0.1) is 11.3 Å². The molecule has 0 radical (unpaired) electrons. The molecule has 1 N–H and O–H groups in total. The highest BCUT2D eigenvalue weighted by Crippen LogP contribution is 2.16. The van der Waals surface area contributed by atoms with Crippen LogP contribution in [0.25, 0.3) is 0 Å². The third-order valence-electron chi connectivity index (χ3n) is 1.84. The third kappa shape index (κ3) is 2.91. The standard InChI is InChI=1S/C10H10ClN3S/c1-7-2-3-9(15-7)6-14-10-12-4-8(11)5-13-10/h2-5H,6H2,1H3,(H,12,13,14). The summed E-state index contributed by atoms with van der Waals surface area (Å²) in [6.07, 6.45) is 3.16. The minimum absolute atomic E-state index is 0.549. The molecular formula is C10H10ClN3S. The van der Waals surface area contributed by atoms with E-state index in [0.29, 0.717) is 11.0 Å². The van der Waals surface area contributed by atoms with E-state index in [1.54, 1.807) is 23.7 Å². The number of aryl methyl sites for hydroxylation is 1. The summed E-state index contributed by atoms with van der Waals surface area (Å²) in [6, 6.07) is 4.20.